The Labute approximate surface area is 160 Å². The Morgan fingerprint density at radius 2 is 1.81 bits per heavy atom. The van der Waals surface area contributed by atoms with Crippen molar-refractivity contribution in [1.29, 1.82) is 0 Å². The van der Waals surface area contributed by atoms with Crippen LogP contribution in [0.1, 0.15) is 35.6 Å². The van der Waals surface area contributed by atoms with E-state index in [4.69, 9.17) is 5.73 Å². The number of rotatable bonds is 5. The molecule has 26 heavy (non-hydrogen) atoms. The number of anilines is 1. The minimum atomic E-state index is -0.706. The molecule has 6 heteroatoms. The van der Waals surface area contributed by atoms with Gasteiger partial charge in [0.05, 0.1) is 0 Å². The van der Waals surface area contributed by atoms with E-state index in [-0.39, 0.29) is 24.2 Å². The molecule has 0 aromatic heterocycles. The van der Waals surface area contributed by atoms with Crippen LogP contribution in [0.25, 0.3) is 0 Å². The molecule has 1 saturated heterocycles. The third-order valence-electron chi connectivity index (χ3n) is 4.49. The molecule has 0 bridgehead atoms. The van der Waals surface area contributed by atoms with Gasteiger partial charge in [-0.15, -0.1) is 12.4 Å². The molecule has 1 fully saturated rings. The predicted octanol–water partition coefficient (Wildman–Crippen LogP) is 3.18. The molecule has 0 aliphatic carbocycles. The molecule has 1 aliphatic rings. The Kier molecular flexibility index (Phi) is 6.77. The SMILES string of the molecule is Cc1ccc(C(N)C(=O)Nc2ccc(CN3CCCC3=O)cc2)cc1.Cl. The lowest BCUT2D eigenvalue weighted by molar-refractivity contribution is -0.128. The molecule has 3 N–H and O–H groups in total. The molecule has 1 aliphatic heterocycles. The summed E-state index contributed by atoms with van der Waals surface area (Å²) >= 11 is 0. The maximum Gasteiger partial charge on any atom is 0.245 e. The fourth-order valence-corrected chi connectivity index (χ4v) is 2.93. The highest BCUT2D eigenvalue weighted by Gasteiger charge is 2.20. The predicted molar refractivity (Wildman–Crippen MR) is 105 cm³/mol. The highest BCUT2D eigenvalue weighted by Crippen LogP contribution is 2.18. The molecular weight excluding hydrogens is 350 g/mol. The van der Waals surface area contributed by atoms with Crippen molar-refractivity contribution in [3.8, 4) is 0 Å². The Hall–Kier alpha value is -2.37. The Bertz CT molecular complexity index is 760. The van der Waals surface area contributed by atoms with Crippen molar-refractivity contribution in [1.82, 2.24) is 4.90 Å². The van der Waals surface area contributed by atoms with Crippen molar-refractivity contribution in [2.24, 2.45) is 5.73 Å². The van der Waals surface area contributed by atoms with Crippen LogP contribution in [0, 0.1) is 6.92 Å². The van der Waals surface area contributed by atoms with Gasteiger partial charge in [0.25, 0.3) is 0 Å². The number of carbonyl (C=O) groups is 2. The Morgan fingerprint density at radius 3 is 2.38 bits per heavy atom. The molecule has 2 aromatic rings. The molecule has 0 spiro atoms. The highest BCUT2D eigenvalue weighted by atomic mass is 35.5. The van der Waals surface area contributed by atoms with E-state index in [1.54, 1.807) is 0 Å². The standard InChI is InChI=1S/C20H23N3O2.ClH/c1-14-4-8-16(9-5-14)19(21)20(25)22-17-10-6-15(7-11-17)13-23-12-2-3-18(23)24;/h4-11,19H,2-3,12-13,21H2,1H3,(H,22,25);1H. The van der Waals surface area contributed by atoms with Crippen molar-refractivity contribution in [2.45, 2.75) is 32.4 Å². The van der Waals surface area contributed by atoms with Gasteiger partial charge < -0.3 is 16.0 Å². The van der Waals surface area contributed by atoms with Gasteiger partial charge in [0.2, 0.25) is 11.8 Å². The van der Waals surface area contributed by atoms with Crippen molar-refractivity contribution >= 4 is 29.9 Å². The van der Waals surface area contributed by atoms with Gasteiger partial charge in [-0.25, -0.2) is 0 Å². The van der Waals surface area contributed by atoms with Gasteiger partial charge in [-0.3, -0.25) is 9.59 Å². The minimum Gasteiger partial charge on any atom is -0.338 e. The number of nitrogens with zero attached hydrogens (tertiary/aromatic N) is 1. The summed E-state index contributed by atoms with van der Waals surface area (Å²) in [7, 11) is 0. The number of carbonyl (C=O) groups excluding carboxylic acids is 2. The van der Waals surface area contributed by atoms with Crippen LogP contribution in [-0.2, 0) is 16.1 Å². The number of nitrogens with two attached hydrogens (primary N) is 1. The van der Waals surface area contributed by atoms with E-state index in [1.165, 1.54) is 0 Å². The second-order valence-electron chi connectivity index (χ2n) is 6.49. The topological polar surface area (TPSA) is 75.4 Å². The number of benzene rings is 2. The summed E-state index contributed by atoms with van der Waals surface area (Å²) in [5.41, 5.74) is 9.70. The van der Waals surface area contributed by atoms with Gasteiger partial charge >= 0.3 is 0 Å². The first-order chi connectivity index (χ1) is 12.0. The summed E-state index contributed by atoms with van der Waals surface area (Å²) in [6, 6.07) is 14.5. The van der Waals surface area contributed by atoms with Crippen molar-refractivity contribution in [3.63, 3.8) is 0 Å². The van der Waals surface area contributed by atoms with Crippen LogP contribution in [0.5, 0.6) is 0 Å². The van der Waals surface area contributed by atoms with E-state index >= 15 is 0 Å². The van der Waals surface area contributed by atoms with E-state index in [0.717, 1.165) is 29.7 Å². The van der Waals surface area contributed by atoms with E-state index in [1.807, 2.05) is 60.4 Å². The number of hydrogen-bond acceptors (Lipinski definition) is 3. The number of halogens is 1. The first kappa shape index (κ1) is 19.9. The van der Waals surface area contributed by atoms with Crippen LogP contribution in [-0.4, -0.2) is 23.3 Å². The molecule has 138 valence electrons. The molecule has 3 rings (SSSR count). The normalized spacial score (nSPS) is 14.7. The maximum atomic E-state index is 12.3. The lowest BCUT2D eigenvalue weighted by atomic mass is 10.1. The first-order valence-corrected chi connectivity index (χ1v) is 8.52. The quantitative estimate of drug-likeness (QED) is 0.845. The average molecular weight is 374 g/mol. The summed E-state index contributed by atoms with van der Waals surface area (Å²) in [6.45, 7) is 3.44. The van der Waals surface area contributed by atoms with Crippen molar-refractivity contribution in [2.75, 3.05) is 11.9 Å². The van der Waals surface area contributed by atoms with Crippen LogP contribution in [0.3, 0.4) is 0 Å². The van der Waals surface area contributed by atoms with E-state index in [0.29, 0.717) is 18.7 Å². The summed E-state index contributed by atoms with van der Waals surface area (Å²) in [5, 5.41) is 2.84. The number of aryl methyl sites for hydroxylation is 1. The van der Waals surface area contributed by atoms with Crippen LogP contribution >= 0.6 is 12.4 Å². The van der Waals surface area contributed by atoms with Gasteiger partial charge in [0.15, 0.2) is 0 Å². The fraction of sp³-hybridized carbons (Fsp3) is 0.300. The van der Waals surface area contributed by atoms with Gasteiger partial charge in [0, 0.05) is 25.2 Å². The number of likely N-dealkylation sites (tertiary alicyclic amines) is 1. The molecule has 0 radical (unpaired) electrons. The highest BCUT2D eigenvalue weighted by molar-refractivity contribution is 5.95. The monoisotopic (exact) mass is 373 g/mol. The minimum absolute atomic E-state index is 0. The maximum absolute atomic E-state index is 12.3. The van der Waals surface area contributed by atoms with E-state index in [2.05, 4.69) is 5.32 Å². The smallest absolute Gasteiger partial charge is 0.245 e. The van der Waals surface area contributed by atoms with Crippen LogP contribution in [0.4, 0.5) is 5.69 Å². The summed E-state index contributed by atoms with van der Waals surface area (Å²) in [6.07, 6.45) is 1.58. The van der Waals surface area contributed by atoms with Crippen LogP contribution < -0.4 is 11.1 Å². The Morgan fingerprint density at radius 1 is 1.15 bits per heavy atom. The van der Waals surface area contributed by atoms with Crippen molar-refractivity contribution < 1.29 is 9.59 Å². The molecule has 2 amide bonds. The molecule has 1 unspecified atom stereocenters. The zero-order valence-corrected chi connectivity index (χ0v) is 15.6. The Balaban J connectivity index is 0.00000243. The molecule has 5 nitrogen and oxygen atoms in total. The zero-order valence-electron chi connectivity index (χ0n) is 14.8. The third-order valence-corrected chi connectivity index (χ3v) is 4.49. The third kappa shape index (κ3) is 4.84. The lowest BCUT2D eigenvalue weighted by Gasteiger charge is -2.16. The molecule has 2 aromatic carbocycles. The molecular formula is C20H24ClN3O2. The summed E-state index contributed by atoms with van der Waals surface area (Å²) < 4.78 is 0. The van der Waals surface area contributed by atoms with Gasteiger partial charge in [-0.05, 0) is 36.6 Å². The van der Waals surface area contributed by atoms with E-state index < -0.39 is 6.04 Å². The molecule has 0 saturated carbocycles. The van der Waals surface area contributed by atoms with Gasteiger partial charge in [-0.1, -0.05) is 42.0 Å². The number of hydrogen-bond donors (Lipinski definition) is 2. The lowest BCUT2D eigenvalue weighted by Crippen LogP contribution is -2.27. The average Bonchev–Trinajstić information content (AvgIpc) is 3.01. The first-order valence-electron chi connectivity index (χ1n) is 8.52. The van der Waals surface area contributed by atoms with Crippen LogP contribution in [0.2, 0.25) is 0 Å². The number of amides is 2. The van der Waals surface area contributed by atoms with Gasteiger partial charge in [-0.2, -0.15) is 0 Å². The molecule has 1 atom stereocenters. The van der Waals surface area contributed by atoms with E-state index in [9.17, 15) is 9.59 Å². The second kappa shape index (κ2) is 8.83. The van der Waals surface area contributed by atoms with Crippen molar-refractivity contribution in [3.05, 3.63) is 65.2 Å². The summed E-state index contributed by atoms with van der Waals surface area (Å²) in [4.78, 5) is 25.9. The van der Waals surface area contributed by atoms with Gasteiger partial charge in [0.1, 0.15) is 6.04 Å². The zero-order chi connectivity index (χ0) is 17.8. The number of nitrogens with one attached hydrogen (secondary N) is 1. The largest absolute Gasteiger partial charge is 0.338 e. The summed E-state index contributed by atoms with van der Waals surface area (Å²) in [5.74, 6) is -0.0345. The second-order valence-corrected chi connectivity index (χ2v) is 6.49. The van der Waals surface area contributed by atoms with Crippen LogP contribution in [0.15, 0.2) is 48.5 Å². The molecule has 1 heterocycles. The fourth-order valence-electron chi connectivity index (χ4n) is 2.93.